The molecular weight excluding hydrogens is 516 g/mol. The summed E-state index contributed by atoms with van der Waals surface area (Å²) in [6, 6.07) is 6.82. The number of carbonyl (C=O) groups excluding carboxylic acids is 2. The van der Waals surface area contributed by atoms with Crippen LogP contribution in [0.2, 0.25) is 0 Å². The molecule has 222 valence electrons. The number of nitrogens with one attached hydrogen (secondary N) is 1. The molecule has 1 aromatic carbocycles. The molecule has 4 N–H and O–H groups in total. The summed E-state index contributed by atoms with van der Waals surface area (Å²) in [5.74, 6) is -3.70. The van der Waals surface area contributed by atoms with Gasteiger partial charge in [0.15, 0.2) is 0 Å². The van der Waals surface area contributed by atoms with Crippen LogP contribution in [0, 0.1) is 11.3 Å². The molecule has 3 atom stereocenters. The van der Waals surface area contributed by atoms with Gasteiger partial charge in [0.1, 0.15) is 6.04 Å². The number of carboxylic acids is 1. The van der Waals surface area contributed by atoms with Gasteiger partial charge in [-0.3, -0.25) is 9.59 Å². The molecule has 0 fully saturated rings. The second-order valence-corrected chi connectivity index (χ2v) is 11.5. The van der Waals surface area contributed by atoms with E-state index in [2.05, 4.69) is 38.2 Å². The average Bonchev–Trinajstić information content (AvgIpc) is 2.91. The first kappa shape index (κ1) is 33.5. The zero-order chi connectivity index (χ0) is 30.6. The third kappa shape index (κ3) is 10.7. The maximum absolute atomic E-state index is 12.9. The van der Waals surface area contributed by atoms with Crippen molar-refractivity contribution < 1.29 is 24.2 Å². The van der Waals surface area contributed by atoms with E-state index in [0.717, 1.165) is 23.1 Å². The first-order chi connectivity index (χ1) is 19.4. The number of benzene rings is 1. The third-order valence-corrected chi connectivity index (χ3v) is 7.61. The number of esters is 1. The fraction of sp³-hybridized carbons (Fsp3) is 0.441. The predicted octanol–water partition coefficient (Wildman–Crippen LogP) is 5.84. The molecule has 0 saturated carbocycles. The van der Waals surface area contributed by atoms with E-state index in [1.807, 2.05) is 62.4 Å². The van der Waals surface area contributed by atoms with Crippen LogP contribution in [0.4, 0.5) is 0 Å². The zero-order valence-electron chi connectivity index (χ0n) is 25.3. The summed E-state index contributed by atoms with van der Waals surface area (Å²) in [6.07, 6.45) is 15.8. The lowest BCUT2D eigenvalue weighted by Crippen LogP contribution is -2.53. The van der Waals surface area contributed by atoms with Crippen molar-refractivity contribution in [2.45, 2.75) is 78.8 Å². The standard InChI is InChI=1S/C34H46N2O5/c1-23(12-10-13-24(2)18-20-28-25(3)14-11-21-34(28,4)5)17-19-27(32(38)39)30(35)31(37)36-29(33(40)41-6)22-26-15-8-7-9-16-26/h7-10,12-13,15-18,20,27,29-30H,11,14,19,21-22,35H2,1-6H3,(H,36,37)(H,38,39)/t27?,29?,30-/m0/s1. The summed E-state index contributed by atoms with van der Waals surface area (Å²) in [5.41, 5.74) is 11.9. The van der Waals surface area contributed by atoms with Crippen molar-refractivity contribution in [3.63, 3.8) is 0 Å². The Morgan fingerprint density at radius 3 is 2.41 bits per heavy atom. The number of aliphatic carboxylic acids is 1. The van der Waals surface area contributed by atoms with Gasteiger partial charge in [-0.1, -0.05) is 97.4 Å². The number of allylic oxidation sites excluding steroid dienone is 10. The van der Waals surface area contributed by atoms with E-state index in [1.165, 1.54) is 31.1 Å². The summed E-state index contributed by atoms with van der Waals surface area (Å²) in [6.45, 7) is 10.7. The van der Waals surface area contributed by atoms with E-state index in [4.69, 9.17) is 10.5 Å². The topological polar surface area (TPSA) is 119 Å². The van der Waals surface area contributed by atoms with Crippen molar-refractivity contribution in [3.05, 3.63) is 94.6 Å². The van der Waals surface area contributed by atoms with Crippen LogP contribution in [0.15, 0.2) is 89.1 Å². The molecule has 1 aliphatic carbocycles. The molecular formula is C34H46N2O5. The normalized spacial score (nSPS) is 18.3. The van der Waals surface area contributed by atoms with Crippen LogP contribution in [0.3, 0.4) is 0 Å². The molecule has 0 aliphatic heterocycles. The lowest BCUT2D eigenvalue weighted by molar-refractivity contribution is -0.147. The van der Waals surface area contributed by atoms with Gasteiger partial charge in [-0.2, -0.15) is 0 Å². The van der Waals surface area contributed by atoms with Crippen molar-refractivity contribution >= 4 is 17.8 Å². The third-order valence-electron chi connectivity index (χ3n) is 7.61. The van der Waals surface area contributed by atoms with Crippen molar-refractivity contribution in [1.82, 2.24) is 5.32 Å². The summed E-state index contributed by atoms with van der Waals surface area (Å²) in [5, 5.41) is 12.4. The van der Waals surface area contributed by atoms with Gasteiger partial charge in [0.2, 0.25) is 5.91 Å². The number of hydrogen-bond acceptors (Lipinski definition) is 5. The monoisotopic (exact) mass is 562 g/mol. The van der Waals surface area contributed by atoms with E-state index in [9.17, 15) is 19.5 Å². The molecule has 2 unspecified atom stereocenters. The minimum absolute atomic E-state index is 0.0623. The number of ether oxygens (including phenoxy) is 1. The Labute approximate surface area is 244 Å². The van der Waals surface area contributed by atoms with Crippen LogP contribution in [-0.2, 0) is 25.5 Å². The number of carbonyl (C=O) groups is 3. The number of hydrogen-bond donors (Lipinski definition) is 3. The van der Waals surface area contributed by atoms with Gasteiger partial charge in [0, 0.05) is 6.42 Å². The van der Waals surface area contributed by atoms with Crippen LogP contribution >= 0.6 is 0 Å². The molecule has 1 aliphatic rings. The zero-order valence-corrected chi connectivity index (χ0v) is 25.3. The highest BCUT2D eigenvalue weighted by Crippen LogP contribution is 2.40. The summed E-state index contributed by atoms with van der Waals surface area (Å²) in [4.78, 5) is 37.1. The number of nitrogens with two attached hydrogens (primary N) is 1. The average molecular weight is 563 g/mol. The van der Waals surface area contributed by atoms with E-state index < -0.39 is 35.8 Å². The van der Waals surface area contributed by atoms with E-state index in [0.29, 0.717) is 0 Å². The Bertz CT molecular complexity index is 1220. The Morgan fingerprint density at radius 2 is 1.80 bits per heavy atom. The van der Waals surface area contributed by atoms with Crippen LogP contribution in [0.1, 0.15) is 65.9 Å². The second kappa shape index (κ2) is 15.9. The Morgan fingerprint density at radius 1 is 1.12 bits per heavy atom. The molecule has 0 aromatic heterocycles. The van der Waals surface area contributed by atoms with Crippen LogP contribution in [0.5, 0.6) is 0 Å². The number of methoxy groups -OCH3 is 1. The van der Waals surface area contributed by atoms with Crippen molar-refractivity contribution in [2.24, 2.45) is 17.1 Å². The molecule has 7 heteroatoms. The molecule has 0 bridgehead atoms. The molecule has 0 saturated heterocycles. The van der Waals surface area contributed by atoms with Crippen molar-refractivity contribution in [3.8, 4) is 0 Å². The lowest BCUT2D eigenvalue weighted by atomic mass is 9.72. The van der Waals surface area contributed by atoms with Gasteiger partial charge in [-0.05, 0) is 63.0 Å². The number of carboxylic acid groups (broad SMARTS) is 1. The Kier molecular flexibility index (Phi) is 13.0. The summed E-state index contributed by atoms with van der Waals surface area (Å²) in [7, 11) is 1.23. The second-order valence-electron chi connectivity index (χ2n) is 11.5. The molecule has 0 spiro atoms. The maximum atomic E-state index is 12.9. The van der Waals surface area contributed by atoms with Crippen molar-refractivity contribution in [2.75, 3.05) is 7.11 Å². The molecule has 1 aromatic rings. The SMILES string of the molecule is COC(=O)C(Cc1ccccc1)NC(=O)[C@@H](N)C(CC=C(C)C=CC=C(C)C=CC1=C(C)CCCC1(C)C)C(=O)O. The highest BCUT2D eigenvalue weighted by atomic mass is 16.5. The quantitative estimate of drug-likeness (QED) is 0.205. The fourth-order valence-corrected chi connectivity index (χ4v) is 5.05. The minimum atomic E-state index is -1.35. The largest absolute Gasteiger partial charge is 0.481 e. The first-order valence-electron chi connectivity index (χ1n) is 14.2. The minimum Gasteiger partial charge on any atom is -0.481 e. The van der Waals surface area contributed by atoms with E-state index >= 15 is 0 Å². The van der Waals surface area contributed by atoms with E-state index in [1.54, 1.807) is 6.08 Å². The number of rotatable bonds is 13. The lowest BCUT2D eigenvalue weighted by Gasteiger charge is -2.32. The van der Waals surface area contributed by atoms with Gasteiger partial charge in [0.05, 0.1) is 19.1 Å². The van der Waals surface area contributed by atoms with Gasteiger partial charge in [0.25, 0.3) is 0 Å². The molecule has 1 amide bonds. The fourth-order valence-electron chi connectivity index (χ4n) is 5.05. The van der Waals surface area contributed by atoms with Crippen LogP contribution in [-0.4, -0.2) is 42.1 Å². The van der Waals surface area contributed by atoms with E-state index in [-0.39, 0.29) is 18.3 Å². The van der Waals surface area contributed by atoms with Gasteiger partial charge < -0.3 is 20.9 Å². The Balaban J connectivity index is 2.03. The maximum Gasteiger partial charge on any atom is 0.328 e. The molecule has 7 nitrogen and oxygen atoms in total. The van der Waals surface area contributed by atoms with Gasteiger partial charge in [-0.15, -0.1) is 0 Å². The molecule has 0 heterocycles. The van der Waals surface area contributed by atoms with Gasteiger partial charge >= 0.3 is 11.9 Å². The summed E-state index contributed by atoms with van der Waals surface area (Å²) >= 11 is 0. The smallest absolute Gasteiger partial charge is 0.328 e. The number of amides is 1. The van der Waals surface area contributed by atoms with Gasteiger partial charge in [-0.25, -0.2) is 4.79 Å². The van der Waals surface area contributed by atoms with Crippen molar-refractivity contribution in [1.29, 1.82) is 0 Å². The summed E-state index contributed by atoms with van der Waals surface area (Å²) < 4.78 is 4.83. The highest BCUT2D eigenvalue weighted by Gasteiger charge is 2.33. The molecule has 2 rings (SSSR count). The molecule has 0 radical (unpaired) electrons. The van der Waals surface area contributed by atoms with Crippen LogP contribution in [0.25, 0.3) is 0 Å². The van der Waals surface area contributed by atoms with Crippen LogP contribution < -0.4 is 11.1 Å². The Hall–Kier alpha value is -3.71. The first-order valence-corrected chi connectivity index (χ1v) is 14.2. The highest BCUT2D eigenvalue weighted by molar-refractivity contribution is 5.91. The molecule has 41 heavy (non-hydrogen) atoms. The predicted molar refractivity (Wildman–Crippen MR) is 164 cm³/mol.